The molecular formula is C18H26N2O5S. The third-order valence-corrected chi connectivity index (χ3v) is 6.86. The summed E-state index contributed by atoms with van der Waals surface area (Å²) in [6, 6.07) is 6.33. The highest BCUT2D eigenvalue weighted by molar-refractivity contribution is 7.89. The van der Waals surface area contributed by atoms with Crippen LogP contribution in [-0.2, 0) is 19.6 Å². The molecule has 0 spiro atoms. The largest absolute Gasteiger partial charge is 0.497 e. The normalized spacial score (nSPS) is 24.3. The number of benzene rings is 1. The lowest BCUT2D eigenvalue weighted by molar-refractivity contribution is -0.126. The Bertz CT molecular complexity index is 714. The first-order chi connectivity index (χ1) is 12.5. The third-order valence-electron chi connectivity index (χ3n) is 4.98. The quantitative estimate of drug-likeness (QED) is 0.804. The van der Waals surface area contributed by atoms with Crippen molar-refractivity contribution in [3.63, 3.8) is 0 Å². The van der Waals surface area contributed by atoms with Crippen molar-refractivity contribution in [2.45, 2.75) is 36.7 Å². The molecular weight excluding hydrogens is 356 g/mol. The van der Waals surface area contributed by atoms with Gasteiger partial charge in [-0.15, -0.1) is 0 Å². The van der Waals surface area contributed by atoms with Crippen LogP contribution in [0.15, 0.2) is 29.2 Å². The molecule has 0 saturated carbocycles. The number of rotatable bonds is 6. The Morgan fingerprint density at radius 3 is 2.69 bits per heavy atom. The molecule has 0 bridgehead atoms. The van der Waals surface area contributed by atoms with Crippen molar-refractivity contribution in [2.24, 2.45) is 5.92 Å². The lowest BCUT2D eigenvalue weighted by Gasteiger charge is -2.31. The Morgan fingerprint density at radius 2 is 2.04 bits per heavy atom. The van der Waals surface area contributed by atoms with E-state index in [4.69, 9.17) is 9.47 Å². The second kappa shape index (κ2) is 8.37. The van der Waals surface area contributed by atoms with Crippen LogP contribution in [0.2, 0.25) is 0 Å². The predicted molar refractivity (Wildman–Crippen MR) is 96.5 cm³/mol. The molecule has 1 aromatic rings. The average Bonchev–Trinajstić information content (AvgIpc) is 3.20. The maximum Gasteiger partial charge on any atom is 0.243 e. The number of hydrogen-bond acceptors (Lipinski definition) is 5. The van der Waals surface area contributed by atoms with E-state index in [-0.39, 0.29) is 29.4 Å². The van der Waals surface area contributed by atoms with Crippen LogP contribution in [0.3, 0.4) is 0 Å². The molecule has 2 aliphatic rings. The number of piperidine rings is 1. The van der Waals surface area contributed by atoms with E-state index in [1.807, 2.05) is 0 Å². The summed E-state index contributed by atoms with van der Waals surface area (Å²) in [5, 5.41) is 2.92. The fourth-order valence-electron chi connectivity index (χ4n) is 3.44. The molecule has 1 N–H and O–H groups in total. The standard InChI is InChI=1S/C18H26N2O5S/c1-24-15-6-8-17(9-7-15)26(22,23)20-10-2-4-14(13-20)18(21)19-12-16-5-3-11-25-16/h6-9,14,16H,2-5,10-13H2,1H3,(H,19,21)/t14-,16-/m0/s1. The van der Waals surface area contributed by atoms with Crippen molar-refractivity contribution < 1.29 is 22.7 Å². The van der Waals surface area contributed by atoms with Gasteiger partial charge in [-0.2, -0.15) is 4.31 Å². The van der Waals surface area contributed by atoms with Gasteiger partial charge < -0.3 is 14.8 Å². The predicted octanol–water partition coefficient (Wildman–Crippen LogP) is 1.39. The first-order valence-corrected chi connectivity index (χ1v) is 10.5. The topological polar surface area (TPSA) is 84.9 Å². The zero-order valence-electron chi connectivity index (χ0n) is 15.0. The third kappa shape index (κ3) is 4.36. The highest BCUT2D eigenvalue weighted by atomic mass is 32.2. The number of carbonyl (C=O) groups excluding carboxylic acids is 1. The summed E-state index contributed by atoms with van der Waals surface area (Å²) < 4.78 is 37.7. The van der Waals surface area contributed by atoms with Gasteiger partial charge in [-0.05, 0) is 49.9 Å². The molecule has 2 fully saturated rings. The van der Waals surface area contributed by atoms with Crippen LogP contribution in [0, 0.1) is 5.92 Å². The molecule has 0 aliphatic carbocycles. The summed E-state index contributed by atoms with van der Waals surface area (Å²) in [6.45, 7) is 1.90. The highest BCUT2D eigenvalue weighted by Crippen LogP contribution is 2.25. The molecule has 2 aliphatic heterocycles. The zero-order valence-corrected chi connectivity index (χ0v) is 15.8. The number of ether oxygens (including phenoxy) is 2. The van der Waals surface area contributed by atoms with Gasteiger partial charge in [0.25, 0.3) is 0 Å². The second-order valence-electron chi connectivity index (χ2n) is 6.76. The van der Waals surface area contributed by atoms with Crippen molar-refractivity contribution in [1.82, 2.24) is 9.62 Å². The van der Waals surface area contributed by atoms with Gasteiger partial charge in [0.05, 0.1) is 24.0 Å². The van der Waals surface area contributed by atoms with E-state index in [0.717, 1.165) is 19.4 Å². The van der Waals surface area contributed by atoms with Crippen LogP contribution in [0.25, 0.3) is 0 Å². The summed E-state index contributed by atoms with van der Waals surface area (Å²) in [5.41, 5.74) is 0. The SMILES string of the molecule is COc1ccc(S(=O)(=O)N2CCC[C@H](C(=O)NC[C@@H]3CCCO3)C2)cc1. The maximum atomic E-state index is 12.9. The summed E-state index contributed by atoms with van der Waals surface area (Å²) in [7, 11) is -2.08. The highest BCUT2D eigenvalue weighted by Gasteiger charge is 2.33. The summed E-state index contributed by atoms with van der Waals surface area (Å²) in [6.07, 6.45) is 3.45. The molecule has 1 aromatic carbocycles. The minimum absolute atomic E-state index is 0.0849. The van der Waals surface area contributed by atoms with Crippen LogP contribution in [0.1, 0.15) is 25.7 Å². The van der Waals surface area contributed by atoms with E-state index < -0.39 is 10.0 Å². The molecule has 8 heteroatoms. The van der Waals surface area contributed by atoms with E-state index in [1.54, 1.807) is 12.1 Å². The number of hydrogen-bond donors (Lipinski definition) is 1. The minimum Gasteiger partial charge on any atom is -0.497 e. The molecule has 2 heterocycles. The Kier molecular flexibility index (Phi) is 6.16. The van der Waals surface area contributed by atoms with Gasteiger partial charge in [0.1, 0.15) is 5.75 Å². The summed E-state index contributed by atoms with van der Waals surface area (Å²) in [5.74, 6) is 0.197. The van der Waals surface area contributed by atoms with E-state index in [1.165, 1.54) is 23.5 Å². The van der Waals surface area contributed by atoms with Crippen LogP contribution >= 0.6 is 0 Å². The molecule has 2 atom stereocenters. The molecule has 3 rings (SSSR count). The summed E-state index contributed by atoms with van der Waals surface area (Å²) >= 11 is 0. The molecule has 26 heavy (non-hydrogen) atoms. The first-order valence-electron chi connectivity index (χ1n) is 9.04. The van der Waals surface area contributed by atoms with Crippen LogP contribution < -0.4 is 10.1 Å². The van der Waals surface area contributed by atoms with Crippen molar-refractivity contribution >= 4 is 15.9 Å². The molecule has 2 saturated heterocycles. The number of sulfonamides is 1. The lowest BCUT2D eigenvalue weighted by atomic mass is 9.99. The Balaban J connectivity index is 1.61. The number of nitrogens with zero attached hydrogens (tertiary/aromatic N) is 1. The fourth-order valence-corrected chi connectivity index (χ4v) is 4.96. The fraction of sp³-hybridized carbons (Fsp3) is 0.611. The summed E-state index contributed by atoms with van der Waals surface area (Å²) in [4.78, 5) is 12.7. The van der Waals surface area contributed by atoms with Crippen LogP contribution in [0.5, 0.6) is 5.75 Å². The molecule has 0 radical (unpaired) electrons. The van der Waals surface area contributed by atoms with Crippen molar-refractivity contribution in [2.75, 3.05) is 33.4 Å². The monoisotopic (exact) mass is 382 g/mol. The van der Waals surface area contributed by atoms with Crippen molar-refractivity contribution in [3.8, 4) is 5.75 Å². The Labute approximate surface area is 154 Å². The van der Waals surface area contributed by atoms with Gasteiger partial charge in [-0.3, -0.25) is 4.79 Å². The van der Waals surface area contributed by atoms with Gasteiger partial charge in [0.15, 0.2) is 0 Å². The van der Waals surface area contributed by atoms with E-state index in [9.17, 15) is 13.2 Å². The van der Waals surface area contributed by atoms with Gasteiger partial charge in [-0.1, -0.05) is 0 Å². The van der Waals surface area contributed by atoms with Gasteiger partial charge >= 0.3 is 0 Å². The molecule has 144 valence electrons. The van der Waals surface area contributed by atoms with E-state index in [0.29, 0.717) is 31.7 Å². The van der Waals surface area contributed by atoms with E-state index in [2.05, 4.69) is 5.32 Å². The molecule has 7 nitrogen and oxygen atoms in total. The number of carbonyl (C=O) groups is 1. The van der Waals surface area contributed by atoms with Gasteiger partial charge in [0.2, 0.25) is 15.9 Å². The lowest BCUT2D eigenvalue weighted by Crippen LogP contribution is -2.46. The molecule has 1 amide bonds. The maximum absolute atomic E-state index is 12.9. The minimum atomic E-state index is -3.61. The second-order valence-corrected chi connectivity index (χ2v) is 8.70. The van der Waals surface area contributed by atoms with Crippen LogP contribution in [0.4, 0.5) is 0 Å². The van der Waals surface area contributed by atoms with E-state index >= 15 is 0 Å². The number of nitrogens with one attached hydrogen (secondary N) is 1. The average molecular weight is 382 g/mol. The van der Waals surface area contributed by atoms with Crippen molar-refractivity contribution in [1.29, 1.82) is 0 Å². The van der Waals surface area contributed by atoms with Crippen LogP contribution in [-0.4, -0.2) is 58.1 Å². The molecule has 0 aromatic heterocycles. The smallest absolute Gasteiger partial charge is 0.243 e. The Morgan fingerprint density at radius 1 is 1.27 bits per heavy atom. The molecule has 0 unspecified atom stereocenters. The Hall–Kier alpha value is -1.64. The van der Waals surface area contributed by atoms with Gasteiger partial charge in [0, 0.05) is 26.2 Å². The van der Waals surface area contributed by atoms with Gasteiger partial charge in [-0.25, -0.2) is 8.42 Å². The number of methoxy groups -OCH3 is 1. The van der Waals surface area contributed by atoms with Crippen molar-refractivity contribution in [3.05, 3.63) is 24.3 Å². The zero-order chi connectivity index (χ0) is 18.6. The number of amides is 1. The first kappa shape index (κ1) is 19.1.